The average Bonchev–Trinajstić information content (AvgIpc) is 2.82. The molecule has 0 spiro atoms. The third-order valence-corrected chi connectivity index (χ3v) is 2.88. The Kier molecular flexibility index (Phi) is 2.76. The van der Waals surface area contributed by atoms with Crippen LogP contribution in [-0.4, -0.2) is 18.4 Å². The van der Waals surface area contributed by atoms with Crippen LogP contribution in [0.4, 0.5) is 0 Å². The molecule has 0 saturated heterocycles. The average molecular weight is 195 g/mol. The number of carbonyl (C=O) groups is 1. The molecule has 0 aromatic carbocycles. The van der Waals surface area contributed by atoms with Crippen LogP contribution >= 0.6 is 11.3 Å². The Morgan fingerprint density at radius 3 is 3.08 bits per heavy atom. The van der Waals surface area contributed by atoms with Gasteiger partial charge in [0.15, 0.2) is 5.78 Å². The molecule has 1 aromatic rings. The number of thiophene rings is 1. The highest BCUT2D eigenvalue weighted by molar-refractivity contribution is 7.07. The maximum Gasteiger partial charge on any atom is 0.151 e. The summed E-state index contributed by atoms with van der Waals surface area (Å²) >= 11 is 1.65. The first-order valence-electron chi connectivity index (χ1n) is 4.61. The van der Waals surface area contributed by atoms with Crippen molar-refractivity contribution < 1.29 is 4.79 Å². The van der Waals surface area contributed by atoms with Gasteiger partial charge in [-0.15, -0.1) is 0 Å². The van der Waals surface area contributed by atoms with Crippen molar-refractivity contribution in [3.8, 4) is 0 Å². The van der Waals surface area contributed by atoms with Crippen molar-refractivity contribution in [3.63, 3.8) is 0 Å². The van der Waals surface area contributed by atoms with Gasteiger partial charge in [0.05, 0.1) is 6.54 Å². The monoisotopic (exact) mass is 195 g/mol. The molecule has 1 aliphatic carbocycles. The third kappa shape index (κ3) is 2.94. The zero-order chi connectivity index (χ0) is 9.10. The van der Waals surface area contributed by atoms with Crippen LogP contribution in [0.25, 0.3) is 0 Å². The van der Waals surface area contributed by atoms with Crippen molar-refractivity contribution >= 4 is 17.1 Å². The normalized spacial score (nSPS) is 16.0. The van der Waals surface area contributed by atoms with E-state index in [4.69, 9.17) is 0 Å². The molecule has 1 N–H and O–H groups in total. The first kappa shape index (κ1) is 8.91. The molecule has 0 aliphatic heterocycles. The van der Waals surface area contributed by atoms with Gasteiger partial charge in [0.25, 0.3) is 0 Å². The summed E-state index contributed by atoms with van der Waals surface area (Å²) in [4.78, 5) is 11.4. The Morgan fingerprint density at radius 2 is 2.46 bits per heavy atom. The van der Waals surface area contributed by atoms with Crippen molar-refractivity contribution in [1.82, 2.24) is 5.32 Å². The molecule has 0 amide bonds. The Balaban J connectivity index is 1.71. The molecular weight excluding hydrogens is 182 g/mol. The fourth-order valence-corrected chi connectivity index (χ4v) is 1.90. The number of nitrogens with one attached hydrogen (secondary N) is 1. The van der Waals surface area contributed by atoms with Crippen molar-refractivity contribution in [3.05, 3.63) is 22.4 Å². The molecule has 1 aromatic heterocycles. The second-order valence-electron chi connectivity index (χ2n) is 3.50. The summed E-state index contributed by atoms with van der Waals surface area (Å²) in [7, 11) is 0. The lowest BCUT2D eigenvalue weighted by molar-refractivity contribution is -0.117. The van der Waals surface area contributed by atoms with E-state index in [2.05, 4.69) is 5.32 Å². The molecular formula is C10H13NOS. The molecule has 0 unspecified atom stereocenters. The molecule has 2 rings (SSSR count). The van der Waals surface area contributed by atoms with E-state index in [1.807, 2.05) is 16.8 Å². The number of Topliss-reactive ketones (excluding diaryl/α,β-unsaturated/α-hetero) is 1. The molecule has 2 nitrogen and oxygen atoms in total. The molecule has 0 radical (unpaired) electrons. The summed E-state index contributed by atoms with van der Waals surface area (Å²) < 4.78 is 0. The van der Waals surface area contributed by atoms with E-state index in [0.29, 0.717) is 24.8 Å². The highest BCUT2D eigenvalue weighted by atomic mass is 32.1. The second-order valence-corrected chi connectivity index (χ2v) is 4.28. The Labute approximate surface area is 82.0 Å². The van der Waals surface area contributed by atoms with Gasteiger partial charge < -0.3 is 5.32 Å². The maximum atomic E-state index is 11.4. The molecule has 1 saturated carbocycles. The summed E-state index contributed by atoms with van der Waals surface area (Å²) in [6, 6.07) is 2.64. The minimum atomic E-state index is 0.297. The lowest BCUT2D eigenvalue weighted by atomic mass is 10.2. The zero-order valence-electron chi connectivity index (χ0n) is 7.45. The van der Waals surface area contributed by atoms with Gasteiger partial charge in [-0.2, -0.15) is 11.3 Å². The first-order chi connectivity index (χ1) is 6.34. The van der Waals surface area contributed by atoms with Crippen LogP contribution in [0, 0.1) is 0 Å². The van der Waals surface area contributed by atoms with E-state index in [-0.39, 0.29) is 0 Å². The number of carbonyl (C=O) groups excluding carboxylic acids is 1. The summed E-state index contributed by atoms with van der Waals surface area (Å²) in [5.74, 6) is 0.297. The fourth-order valence-electron chi connectivity index (χ4n) is 1.23. The highest BCUT2D eigenvalue weighted by Crippen LogP contribution is 2.18. The molecule has 0 atom stereocenters. The van der Waals surface area contributed by atoms with Gasteiger partial charge in [-0.3, -0.25) is 4.79 Å². The van der Waals surface area contributed by atoms with Crippen molar-refractivity contribution in [2.24, 2.45) is 0 Å². The predicted octanol–water partition coefficient (Wildman–Crippen LogP) is 1.61. The molecule has 1 aliphatic rings. The van der Waals surface area contributed by atoms with E-state index >= 15 is 0 Å². The van der Waals surface area contributed by atoms with Crippen molar-refractivity contribution in [1.29, 1.82) is 0 Å². The minimum Gasteiger partial charge on any atom is -0.307 e. The highest BCUT2D eigenvalue weighted by Gasteiger charge is 2.20. The third-order valence-electron chi connectivity index (χ3n) is 2.15. The van der Waals surface area contributed by atoms with Crippen molar-refractivity contribution in [2.45, 2.75) is 25.3 Å². The van der Waals surface area contributed by atoms with Crippen molar-refractivity contribution in [2.75, 3.05) is 6.54 Å². The number of hydrogen-bond donors (Lipinski definition) is 1. The second kappa shape index (κ2) is 4.03. The molecule has 1 heterocycles. The van der Waals surface area contributed by atoms with E-state index in [0.717, 1.165) is 5.56 Å². The van der Waals surface area contributed by atoms with Crippen LogP contribution in [0.3, 0.4) is 0 Å². The Bertz CT molecular complexity index is 277. The van der Waals surface area contributed by atoms with Gasteiger partial charge in [0, 0.05) is 12.5 Å². The van der Waals surface area contributed by atoms with Gasteiger partial charge in [-0.25, -0.2) is 0 Å². The Morgan fingerprint density at radius 1 is 1.62 bits per heavy atom. The van der Waals surface area contributed by atoms with E-state index < -0.39 is 0 Å². The minimum absolute atomic E-state index is 0.297. The van der Waals surface area contributed by atoms with E-state index in [1.54, 1.807) is 11.3 Å². The van der Waals surface area contributed by atoms with Gasteiger partial charge in [0.1, 0.15) is 0 Å². The molecule has 0 bridgehead atoms. The van der Waals surface area contributed by atoms with Gasteiger partial charge in [-0.1, -0.05) is 0 Å². The summed E-state index contributed by atoms with van der Waals surface area (Å²) in [5, 5.41) is 7.27. The van der Waals surface area contributed by atoms with E-state index in [1.165, 1.54) is 12.8 Å². The number of ketones is 1. The first-order valence-corrected chi connectivity index (χ1v) is 5.55. The van der Waals surface area contributed by atoms with Crippen LogP contribution in [-0.2, 0) is 11.2 Å². The summed E-state index contributed by atoms with van der Waals surface area (Å²) in [6.07, 6.45) is 3.07. The lowest BCUT2D eigenvalue weighted by Gasteiger charge is -2.00. The zero-order valence-corrected chi connectivity index (χ0v) is 8.27. The van der Waals surface area contributed by atoms with Crippen LogP contribution in [0.5, 0.6) is 0 Å². The van der Waals surface area contributed by atoms with Gasteiger partial charge >= 0.3 is 0 Å². The molecule has 1 fully saturated rings. The molecule has 3 heteroatoms. The SMILES string of the molecule is O=C(CNC1CC1)Cc1ccsc1. The summed E-state index contributed by atoms with van der Waals surface area (Å²) in [5.41, 5.74) is 1.15. The van der Waals surface area contributed by atoms with Gasteiger partial charge in [-0.05, 0) is 35.2 Å². The van der Waals surface area contributed by atoms with Gasteiger partial charge in [0.2, 0.25) is 0 Å². The number of hydrogen-bond acceptors (Lipinski definition) is 3. The standard InChI is InChI=1S/C10H13NOS/c12-10(6-11-9-1-2-9)5-8-3-4-13-7-8/h3-4,7,9,11H,1-2,5-6H2. The fraction of sp³-hybridized carbons (Fsp3) is 0.500. The quantitative estimate of drug-likeness (QED) is 0.773. The molecule has 70 valence electrons. The topological polar surface area (TPSA) is 29.1 Å². The van der Waals surface area contributed by atoms with E-state index in [9.17, 15) is 4.79 Å². The lowest BCUT2D eigenvalue weighted by Crippen LogP contribution is -2.25. The van der Waals surface area contributed by atoms with Crippen LogP contribution in [0.1, 0.15) is 18.4 Å². The van der Waals surface area contributed by atoms with Crippen LogP contribution in [0.15, 0.2) is 16.8 Å². The molecule has 13 heavy (non-hydrogen) atoms. The Hall–Kier alpha value is -0.670. The van der Waals surface area contributed by atoms with Crippen LogP contribution in [0.2, 0.25) is 0 Å². The maximum absolute atomic E-state index is 11.4. The predicted molar refractivity (Wildman–Crippen MR) is 54.1 cm³/mol. The smallest absolute Gasteiger partial charge is 0.151 e. The summed E-state index contributed by atoms with van der Waals surface area (Å²) in [6.45, 7) is 0.542. The largest absolute Gasteiger partial charge is 0.307 e. The van der Waals surface area contributed by atoms with Crippen LogP contribution < -0.4 is 5.32 Å². The number of rotatable bonds is 5.